The van der Waals surface area contributed by atoms with Crippen LogP contribution in [0.15, 0.2) is 48.5 Å². The van der Waals surface area contributed by atoms with Crippen molar-refractivity contribution in [3.8, 4) is 0 Å². The molecule has 1 N–H and O–H groups in total. The van der Waals surface area contributed by atoms with Crippen molar-refractivity contribution in [2.24, 2.45) is 5.92 Å². The van der Waals surface area contributed by atoms with E-state index in [0.29, 0.717) is 63.4 Å². The molecule has 8 heteroatoms. The van der Waals surface area contributed by atoms with Gasteiger partial charge in [0.05, 0.1) is 13.2 Å². The highest BCUT2D eigenvalue weighted by Crippen LogP contribution is 2.24. The van der Waals surface area contributed by atoms with Crippen LogP contribution in [0.1, 0.15) is 39.1 Å². The number of aryl methyl sites for hydroxylation is 1. The second-order valence-corrected chi connectivity index (χ2v) is 8.90. The van der Waals surface area contributed by atoms with E-state index in [9.17, 15) is 18.8 Å². The Kier molecular flexibility index (Phi) is 7.57. The number of benzene rings is 2. The summed E-state index contributed by atoms with van der Waals surface area (Å²) < 4.78 is 18.9. The Hall–Kier alpha value is -3.26. The second kappa shape index (κ2) is 10.8. The standard InChI is InChI=1S/C26H30FN3O4/c1-18-4-2-5-20(16-18)24(31)28-23(26(33)30-12-14-34-15-13-30)19-8-10-29(11-9-19)25(32)21-6-3-7-22(27)17-21/h2-7,16-17,19,23H,8-15H2,1H3,(H,28,31). The fourth-order valence-electron chi connectivity index (χ4n) is 4.61. The van der Waals surface area contributed by atoms with Gasteiger partial charge in [-0.1, -0.05) is 23.8 Å². The Morgan fingerprint density at radius 2 is 1.62 bits per heavy atom. The van der Waals surface area contributed by atoms with Gasteiger partial charge in [0.15, 0.2) is 0 Å². The minimum Gasteiger partial charge on any atom is -0.378 e. The molecular formula is C26H30FN3O4. The number of halogens is 1. The van der Waals surface area contributed by atoms with Crippen molar-refractivity contribution in [1.29, 1.82) is 0 Å². The SMILES string of the molecule is Cc1cccc(C(=O)NC(C(=O)N2CCOCC2)C2CCN(C(=O)c3cccc(F)c3)CC2)c1. The molecule has 2 fully saturated rings. The molecule has 3 amide bonds. The van der Waals surface area contributed by atoms with Crippen molar-refractivity contribution in [1.82, 2.24) is 15.1 Å². The first-order valence-electron chi connectivity index (χ1n) is 11.7. The molecule has 0 aromatic heterocycles. The topological polar surface area (TPSA) is 79.0 Å². The number of nitrogens with one attached hydrogen (secondary N) is 1. The lowest BCUT2D eigenvalue weighted by molar-refractivity contribution is -0.139. The lowest BCUT2D eigenvalue weighted by Gasteiger charge is -2.38. The van der Waals surface area contributed by atoms with Crippen LogP contribution < -0.4 is 5.32 Å². The Labute approximate surface area is 198 Å². The van der Waals surface area contributed by atoms with Crippen LogP contribution in [0, 0.1) is 18.7 Å². The van der Waals surface area contributed by atoms with Gasteiger partial charge in [-0.25, -0.2) is 4.39 Å². The van der Waals surface area contributed by atoms with Crippen molar-refractivity contribution < 1.29 is 23.5 Å². The number of hydrogen-bond donors (Lipinski definition) is 1. The van der Waals surface area contributed by atoms with Crippen LogP contribution in [0.4, 0.5) is 4.39 Å². The molecule has 1 atom stereocenters. The number of piperidine rings is 1. The van der Waals surface area contributed by atoms with Gasteiger partial charge in [-0.2, -0.15) is 0 Å². The summed E-state index contributed by atoms with van der Waals surface area (Å²) in [5.41, 5.74) is 1.79. The van der Waals surface area contributed by atoms with E-state index in [1.807, 2.05) is 19.1 Å². The monoisotopic (exact) mass is 467 g/mol. The van der Waals surface area contributed by atoms with Gasteiger partial charge in [-0.3, -0.25) is 14.4 Å². The Morgan fingerprint density at radius 1 is 0.941 bits per heavy atom. The van der Waals surface area contributed by atoms with Crippen molar-refractivity contribution in [3.63, 3.8) is 0 Å². The first-order valence-corrected chi connectivity index (χ1v) is 11.7. The first kappa shape index (κ1) is 23.9. The average molecular weight is 468 g/mol. The fraction of sp³-hybridized carbons (Fsp3) is 0.423. The van der Waals surface area contributed by atoms with E-state index in [1.165, 1.54) is 18.2 Å². The molecule has 4 rings (SSSR count). The predicted octanol–water partition coefficient (Wildman–Crippen LogP) is 2.64. The Bertz CT molecular complexity index is 1050. The third-order valence-corrected chi connectivity index (χ3v) is 6.53. The number of amides is 3. The van der Waals surface area contributed by atoms with Crippen molar-refractivity contribution in [2.75, 3.05) is 39.4 Å². The van der Waals surface area contributed by atoms with Crippen LogP contribution in [-0.4, -0.2) is 73.0 Å². The Balaban J connectivity index is 1.47. The summed E-state index contributed by atoms with van der Waals surface area (Å²) in [5, 5.41) is 2.99. The van der Waals surface area contributed by atoms with Crippen LogP contribution in [0.3, 0.4) is 0 Å². The van der Waals surface area contributed by atoms with Gasteiger partial charge in [0.25, 0.3) is 11.8 Å². The molecule has 2 aromatic rings. The quantitative estimate of drug-likeness (QED) is 0.733. The van der Waals surface area contributed by atoms with Gasteiger partial charge in [-0.15, -0.1) is 0 Å². The predicted molar refractivity (Wildman–Crippen MR) is 125 cm³/mol. The van der Waals surface area contributed by atoms with Crippen LogP contribution in [0.5, 0.6) is 0 Å². The lowest BCUT2D eigenvalue weighted by Crippen LogP contribution is -2.56. The van der Waals surface area contributed by atoms with E-state index in [4.69, 9.17) is 4.74 Å². The molecule has 0 aliphatic carbocycles. The molecule has 2 saturated heterocycles. The molecule has 2 aromatic carbocycles. The third-order valence-electron chi connectivity index (χ3n) is 6.53. The number of likely N-dealkylation sites (tertiary alicyclic amines) is 1. The number of carbonyl (C=O) groups excluding carboxylic acids is 3. The van der Waals surface area contributed by atoms with Crippen molar-refractivity contribution in [2.45, 2.75) is 25.8 Å². The average Bonchev–Trinajstić information content (AvgIpc) is 2.87. The molecule has 0 bridgehead atoms. The molecule has 2 aliphatic rings. The summed E-state index contributed by atoms with van der Waals surface area (Å²) in [6, 6.07) is 12.3. The largest absolute Gasteiger partial charge is 0.378 e. The zero-order valence-corrected chi connectivity index (χ0v) is 19.3. The Morgan fingerprint density at radius 3 is 2.29 bits per heavy atom. The molecule has 0 radical (unpaired) electrons. The normalized spacial score (nSPS) is 17.8. The smallest absolute Gasteiger partial charge is 0.253 e. The van der Waals surface area contributed by atoms with Gasteiger partial charge < -0.3 is 19.9 Å². The number of hydrogen-bond acceptors (Lipinski definition) is 4. The zero-order valence-electron chi connectivity index (χ0n) is 19.3. The molecule has 7 nitrogen and oxygen atoms in total. The number of morpholine rings is 1. The van der Waals surface area contributed by atoms with E-state index >= 15 is 0 Å². The number of carbonyl (C=O) groups is 3. The molecule has 34 heavy (non-hydrogen) atoms. The number of nitrogens with zero attached hydrogens (tertiary/aromatic N) is 2. The second-order valence-electron chi connectivity index (χ2n) is 8.90. The highest BCUT2D eigenvalue weighted by molar-refractivity contribution is 5.98. The van der Waals surface area contributed by atoms with Crippen molar-refractivity contribution >= 4 is 17.7 Å². The van der Waals surface area contributed by atoms with E-state index in [2.05, 4.69) is 5.32 Å². The minimum absolute atomic E-state index is 0.110. The molecule has 180 valence electrons. The summed E-state index contributed by atoms with van der Waals surface area (Å²) in [6.07, 6.45) is 1.13. The van der Waals surface area contributed by atoms with Crippen LogP contribution >= 0.6 is 0 Å². The molecule has 0 saturated carbocycles. The highest BCUT2D eigenvalue weighted by atomic mass is 19.1. The van der Waals surface area contributed by atoms with Crippen LogP contribution in [0.25, 0.3) is 0 Å². The number of ether oxygens (including phenoxy) is 1. The molecule has 2 aliphatic heterocycles. The fourth-order valence-corrected chi connectivity index (χ4v) is 4.61. The summed E-state index contributed by atoms with van der Waals surface area (Å²) in [5.74, 6) is -1.18. The molecular weight excluding hydrogens is 437 g/mol. The van der Waals surface area contributed by atoms with Gasteiger partial charge in [0.2, 0.25) is 5.91 Å². The van der Waals surface area contributed by atoms with Gasteiger partial charge in [0, 0.05) is 37.3 Å². The summed E-state index contributed by atoms with van der Waals surface area (Å²) in [7, 11) is 0. The maximum absolute atomic E-state index is 13.6. The first-order chi connectivity index (χ1) is 16.4. The highest BCUT2D eigenvalue weighted by Gasteiger charge is 2.36. The number of rotatable bonds is 5. The third kappa shape index (κ3) is 5.62. The van der Waals surface area contributed by atoms with E-state index in [0.717, 1.165) is 5.56 Å². The summed E-state index contributed by atoms with van der Waals surface area (Å²) in [4.78, 5) is 42.7. The van der Waals surface area contributed by atoms with Crippen LogP contribution in [-0.2, 0) is 9.53 Å². The van der Waals surface area contributed by atoms with E-state index in [-0.39, 0.29) is 23.6 Å². The minimum atomic E-state index is -0.683. The van der Waals surface area contributed by atoms with E-state index in [1.54, 1.807) is 28.0 Å². The van der Waals surface area contributed by atoms with Gasteiger partial charge in [0.1, 0.15) is 11.9 Å². The maximum atomic E-state index is 13.6. The zero-order chi connectivity index (χ0) is 24.1. The summed E-state index contributed by atoms with van der Waals surface area (Å²) >= 11 is 0. The van der Waals surface area contributed by atoms with Gasteiger partial charge in [-0.05, 0) is 56.0 Å². The van der Waals surface area contributed by atoms with Gasteiger partial charge >= 0.3 is 0 Å². The van der Waals surface area contributed by atoms with E-state index < -0.39 is 11.9 Å². The molecule has 2 heterocycles. The van der Waals surface area contributed by atoms with Crippen LogP contribution in [0.2, 0.25) is 0 Å². The lowest BCUT2D eigenvalue weighted by atomic mass is 9.87. The molecule has 0 spiro atoms. The maximum Gasteiger partial charge on any atom is 0.253 e. The summed E-state index contributed by atoms with van der Waals surface area (Å²) in [6.45, 7) is 4.73. The van der Waals surface area contributed by atoms with Crippen molar-refractivity contribution in [3.05, 3.63) is 71.0 Å². The molecule has 1 unspecified atom stereocenters.